The molecule has 1 amide bonds. The third kappa shape index (κ3) is 3.70. The van der Waals surface area contributed by atoms with E-state index in [2.05, 4.69) is 21.6 Å². The number of hydrogen-bond acceptors (Lipinski definition) is 3. The molecule has 19 heavy (non-hydrogen) atoms. The summed E-state index contributed by atoms with van der Waals surface area (Å²) in [6.45, 7) is 4.03. The zero-order valence-corrected chi connectivity index (χ0v) is 12.0. The maximum absolute atomic E-state index is 12.0. The Balaban J connectivity index is 1.96. The molecule has 4 nitrogen and oxygen atoms in total. The van der Waals surface area contributed by atoms with E-state index in [9.17, 15) is 4.79 Å². The van der Waals surface area contributed by atoms with E-state index in [1.165, 1.54) is 0 Å². The minimum Gasteiger partial charge on any atom is -0.378 e. The average Bonchev–Trinajstić information content (AvgIpc) is 2.84. The minimum atomic E-state index is 0.120. The second-order valence-electron chi connectivity index (χ2n) is 5.50. The molecular formula is C15H23N3O. The predicted octanol–water partition coefficient (Wildman–Crippen LogP) is 2.00. The zero-order chi connectivity index (χ0) is 13.8. The van der Waals surface area contributed by atoms with Crippen LogP contribution in [0.25, 0.3) is 0 Å². The number of nitrogens with one attached hydrogen (secondary N) is 2. The smallest absolute Gasteiger partial charge is 0.224 e. The molecule has 1 aromatic rings. The Labute approximate surface area is 115 Å². The van der Waals surface area contributed by atoms with Crippen LogP contribution in [-0.2, 0) is 4.79 Å². The van der Waals surface area contributed by atoms with Gasteiger partial charge in [0.1, 0.15) is 0 Å². The monoisotopic (exact) mass is 261 g/mol. The number of carbonyl (C=O) groups is 1. The van der Waals surface area contributed by atoms with Crippen molar-refractivity contribution in [1.29, 1.82) is 0 Å². The topological polar surface area (TPSA) is 44.4 Å². The molecule has 1 aliphatic heterocycles. The van der Waals surface area contributed by atoms with Gasteiger partial charge in [-0.25, -0.2) is 0 Å². The number of hydrogen-bond donors (Lipinski definition) is 2. The lowest BCUT2D eigenvalue weighted by Crippen LogP contribution is -2.19. The van der Waals surface area contributed by atoms with Crippen molar-refractivity contribution in [1.82, 2.24) is 5.32 Å². The molecule has 1 fully saturated rings. The van der Waals surface area contributed by atoms with Crippen molar-refractivity contribution in [3.8, 4) is 0 Å². The zero-order valence-electron chi connectivity index (χ0n) is 12.0. The molecule has 0 aromatic heterocycles. The van der Waals surface area contributed by atoms with Gasteiger partial charge in [-0.3, -0.25) is 4.79 Å². The highest BCUT2D eigenvalue weighted by molar-refractivity contribution is 5.92. The molecular weight excluding hydrogens is 238 g/mol. The fraction of sp³-hybridized carbons (Fsp3) is 0.533. The maximum Gasteiger partial charge on any atom is 0.224 e. The molecule has 2 rings (SSSR count). The first-order chi connectivity index (χ1) is 9.06. The van der Waals surface area contributed by atoms with Crippen LogP contribution in [0.1, 0.15) is 18.4 Å². The first-order valence-corrected chi connectivity index (χ1v) is 6.85. The second-order valence-corrected chi connectivity index (χ2v) is 5.50. The third-order valence-electron chi connectivity index (χ3n) is 3.64. The van der Waals surface area contributed by atoms with Crippen molar-refractivity contribution in [3.05, 3.63) is 23.8 Å². The third-order valence-corrected chi connectivity index (χ3v) is 3.64. The number of amides is 1. The Morgan fingerprint density at radius 3 is 2.84 bits per heavy atom. The van der Waals surface area contributed by atoms with Gasteiger partial charge in [-0.2, -0.15) is 0 Å². The maximum atomic E-state index is 12.0. The van der Waals surface area contributed by atoms with Crippen LogP contribution in [0.4, 0.5) is 11.4 Å². The summed E-state index contributed by atoms with van der Waals surface area (Å²) < 4.78 is 0. The molecule has 0 radical (unpaired) electrons. The van der Waals surface area contributed by atoms with Crippen LogP contribution in [-0.4, -0.2) is 33.1 Å². The van der Waals surface area contributed by atoms with Crippen molar-refractivity contribution >= 4 is 17.3 Å². The van der Waals surface area contributed by atoms with E-state index in [0.717, 1.165) is 36.4 Å². The SMILES string of the molecule is Cc1cc(N(C)C)ccc1NC(=O)CC1CCNC1. The van der Waals surface area contributed by atoms with E-state index in [1.807, 2.05) is 33.2 Å². The van der Waals surface area contributed by atoms with Gasteiger partial charge in [0.15, 0.2) is 0 Å². The molecule has 0 saturated carbocycles. The number of nitrogens with zero attached hydrogens (tertiary/aromatic N) is 1. The Hall–Kier alpha value is -1.55. The largest absolute Gasteiger partial charge is 0.378 e. The average molecular weight is 261 g/mol. The second kappa shape index (κ2) is 6.06. The minimum absolute atomic E-state index is 0.120. The van der Waals surface area contributed by atoms with Gasteiger partial charge in [0, 0.05) is 31.9 Å². The first-order valence-electron chi connectivity index (χ1n) is 6.85. The summed E-state index contributed by atoms with van der Waals surface area (Å²) in [7, 11) is 4.03. The summed E-state index contributed by atoms with van der Waals surface area (Å²) in [5.74, 6) is 0.607. The van der Waals surface area contributed by atoms with Crippen LogP contribution in [0.2, 0.25) is 0 Å². The predicted molar refractivity (Wildman–Crippen MR) is 79.7 cm³/mol. The van der Waals surface area contributed by atoms with E-state index >= 15 is 0 Å². The molecule has 0 spiro atoms. The Bertz CT molecular complexity index is 451. The van der Waals surface area contributed by atoms with Crippen LogP contribution < -0.4 is 15.5 Å². The summed E-state index contributed by atoms with van der Waals surface area (Å²) in [6, 6.07) is 6.10. The van der Waals surface area contributed by atoms with Gasteiger partial charge in [0.05, 0.1) is 0 Å². The van der Waals surface area contributed by atoms with Gasteiger partial charge in [-0.05, 0) is 56.1 Å². The quantitative estimate of drug-likeness (QED) is 0.871. The van der Waals surface area contributed by atoms with E-state index in [4.69, 9.17) is 0 Å². The lowest BCUT2D eigenvalue weighted by molar-refractivity contribution is -0.116. The summed E-state index contributed by atoms with van der Waals surface area (Å²) in [5, 5.41) is 6.31. The number of anilines is 2. The normalized spacial score (nSPS) is 18.4. The molecule has 1 unspecified atom stereocenters. The van der Waals surface area contributed by atoms with Gasteiger partial charge in [0.25, 0.3) is 0 Å². The van der Waals surface area contributed by atoms with E-state index in [1.54, 1.807) is 0 Å². The van der Waals surface area contributed by atoms with E-state index in [-0.39, 0.29) is 5.91 Å². The summed E-state index contributed by atoms with van der Waals surface area (Å²) in [6.07, 6.45) is 1.72. The number of aryl methyl sites for hydroxylation is 1. The van der Waals surface area contributed by atoms with Crippen molar-refractivity contribution < 1.29 is 4.79 Å². The number of rotatable bonds is 4. The Kier molecular flexibility index (Phi) is 4.43. The molecule has 1 aromatic carbocycles. The van der Waals surface area contributed by atoms with Crippen LogP contribution in [0, 0.1) is 12.8 Å². The van der Waals surface area contributed by atoms with Crippen LogP contribution in [0.15, 0.2) is 18.2 Å². The standard InChI is InChI=1S/C15H23N3O/c1-11-8-13(18(2)3)4-5-14(11)17-15(19)9-12-6-7-16-10-12/h4-5,8,12,16H,6-7,9-10H2,1-3H3,(H,17,19). The van der Waals surface area contributed by atoms with Crippen molar-refractivity contribution in [3.63, 3.8) is 0 Å². The molecule has 0 aliphatic carbocycles. The van der Waals surface area contributed by atoms with Gasteiger partial charge in [-0.15, -0.1) is 0 Å². The molecule has 4 heteroatoms. The summed E-state index contributed by atoms with van der Waals surface area (Å²) >= 11 is 0. The molecule has 0 bridgehead atoms. The van der Waals surface area contributed by atoms with Gasteiger partial charge in [0.2, 0.25) is 5.91 Å². The molecule has 1 heterocycles. The van der Waals surface area contributed by atoms with Crippen LogP contribution in [0.5, 0.6) is 0 Å². The van der Waals surface area contributed by atoms with Gasteiger partial charge < -0.3 is 15.5 Å². The Morgan fingerprint density at radius 1 is 1.47 bits per heavy atom. The molecule has 104 valence electrons. The first kappa shape index (κ1) is 13.9. The van der Waals surface area contributed by atoms with Crippen molar-refractivity contribution in [2.45, 2.75) is 19.8 Å². The molecule has 1 atom stereocenters. The Morgan fingerprint density at radius 2 is 2.26 bits per heavy atom. The molecule has 2 N–H and O–H groups in total. The van der Waals surface area contributed by atoms with Crippen LogP contribution >= 0.6 is 0 Å². The van der Waals surface area contributed by atoms with Gasteiger partial charge in [-0.1, -0.05) is 0 Å². The van der Waals surface area contributed by atoms with E-state index < -0.39 is 0 Å². The fourth-order valence-corrected chi connectivity index (χ4v) is 2.42. The highest BCUT2D eigenvalue weighted by atomic mass is 16.1. The van der Waals surface area contributed by atoms with Gasteiger partial charge >= 0.3 is 0 Å². The molecule has 1 saturated heterocycles. The lowest BCUT2D eigenvalue weighted by atomic mass is 10.0. The highest BCUT2D eigenvalue weighted by Gasteiger charge is 2.18. The van der Waals surface area contributed by atoms with Crippen molar-refractivity contribution in [2.24, 2.45) is 5.92 Å². The fourth-order valence-electron chi connectivity index (χ4n) is 2.42. The highest BCUT2D eigenvalue weighted by Crippen LogP contribution is 2.22. The van der Waals surface area contributed by atoms with Crippen LogP contribution in [0.3, 0.4) is 0 Å². The summed E-state index contributed by atoms with van der Waals surface area (Å²) in [4.78, 5) is 14.0. The number of carbonyl (C=O) groups excluding carboxylic acids is 1. The summed E-state index contributed by atoms with van der Waals surface area (Å²) in [5.41, 5.74) is 3.17. The van der Waals surface area contributed by atoms with E-state index in [0.29, 0.717) is 12.3 Å². The number of benzene rings is 1. The molecule has 1 aliphatic rings. The van der Waals surface area contributed by atoms with Crippen molar-refractivity contribution in [2.75, 3.05) is 37.4 Å². The lowest BCUT2D eigenvalue weighted by Gasteiger charge is -2.16.